The van der Waals surface area contributed by atoms with Gasteiger partial charge in [0.05, 0.1) is 12.6 Å². The first-order chi connectivity index (χ1) is 7.72. The summed E-state index contributed by atoms with van der Waals surface area (Å²) in [6.45, 7) is 5.85. The molecule has 0 bridgehead atoms. The molecular weight excluding hydrogens is 204 g/mol. The Kier molecular flexibility index (Phi) is 5.55. The van der Waals surface area contributed by atoms with E-state index in [0.29, 0.717) is 18.7 Å². The number of hydrazine groups is 1. The predicted octanol–water partition coefficient (Wildman–Crippen LogP) is 0.715. The molecule has 0 aromatic rings. The number of ether oxygens (including phenoxy) is 1. The van der Waals surface area contributed by atoms with Gasteiger partial charge < -0.3 is 9.64 Å². The maximum absolute atomic E-state index is 5.55. The van der Waals surface area contributed by atoms with E-state index >= 15 is 0 Å². The molecule has 0 amide bonds. The average molecular weight is 228 g/mol. The number of rotatable bonds is 6. The standard InChI is InChI=1S/C11H24N4O/c1-4-9(2)15(7-8-16-3)11(14-12)13-10-5-6-10/h9-10H,4-8,12H2,1-3H3,(H,13,14). The molecule has 5 heteroatoms. The van der Waals surface area contributed by atoms with E-state index in [-0.39, 0.29) is 0 Å². The van der Waals surface area contributed by atoms with Gasteiger partial charge in [-0.25, -0.2) is 10.8 Å². The summed E-state index contributed by atoms with van der Waals surface area (Å²) in [5.41, 5.74) is 2.72. The van der Waals surface area contributed by atoms with Gasteiger partial charge in [-0.2, -0.15) is 0 Å². The first-order valence-corrected chi connectivity index (χ1v) is 6.02. The highest BCUT2D eigenvalue weighted by molar-refractivity contribution is 5.80. The molecule has 1 aliphatic rings. The van der Waals surface area contributed by atoms with Gasteiger partial charge in [-0.3, -0.25) is 5.43 Å². The van der Waals surface area contributed by atoms with Crippen LogP contribution in [-0.4, -0.2) is 43.2 Å². The molecule has 1 atom stereocenters. The van der Waals surface area contributed by atoms with Crippen molar-refractivity contribution in [3.05, 3.63) is 0 Å². The van der Waals surface area contributed by atoms with Crippen LogP contribution in [0.25, 0.3) is 0 Å². The third-order valence-corrected chi connectivity index (χ3v) is 2.91. The first-order valence-electron chi connectivity index (χ1n) is 6.02. The van der Waals surface area contributed by atoms with Crippen molar-refractivity contribution in [3.63, 3.8) is 0 Å². The van der Waals surface area contributed by atoms with E-state index in [2.05, 4.69) is 29.2 Å². The van der Waals surface area contributed by atoms with Gasteiger partial charge in [0.15, 0.2) is 0 Å². The highest BCUT2D eigenvalue weighted by Gasteiger charge is 2.24. The van der Waals surface area contributed by atoms with Crippen LogP contribution in [0.1, 0.15) is 33.1 Å². The summed E-state index contributed by atoms with van der Waals surface area (Å²) in [7, 11) is 1.71. The zero-order valence-electron chi connectivity index (χ0n) is 10.6. The molecule has 94 valence electrons. The molecule has 1 unspecified atom stereocenters. The van der Waals surface area contributed by atoms with Crippen molar-refractivity contribution in [2.75, 3.05) is 20.3 Å². The number of methoxy groups -OCH3 is 1. The third-order valence-electron chi connectivity index (χ3n) is 2.91. The highest BCUT2D eigenvalue weighted by atomic mass is 16.5. The fourth-order valence-corrected chi connectivity index (χ4v) is 1.52. The van der Waals surface area contributed by atoms with Crippen molar-refractivity contribution in [3.8, 4) is 0 Å². The molecule has 0 aromatic carbocycles. The summed E-state index contributed by atoms with van der Waals surface area (Å²) < 4.78 is 5.12. The molecule has 5 nitrogen and oxygen atoms in total. The van der Waals surface area contributed by atoms with Gasteiger partial charge in [-0.05, 0) is 26.2 Å². The number of nitrogens with one attached hydrogen (secondary N) is 1. The Hall–Kier alpha value is -0.810. The smallest absolute Gasteiger partial charge is 0.208 e. The van der Waals surface area contributed by atoms with Crippen molar-refractivity contribution in [2.24, 2.45) is 10.8 Å². The maximum Gasteiger partial charge on any atom is 0.208 e. The Morgan fingerprint density at radius 3 is 2.75 bits per heavy atom. The van der Waals surface area contributed by atoms with Crippen molar-refractivity contribution in [1.82, 2.24) is 10.3 Å². The van der Waals surface area contributed by atoms with Crippen LogP contribution in [0.5, 0.6) is 0 Å². The average Bonchev–Trinajstić information content (AvgIpc) is 3.11. The third kappa shape index (κ3) is 3.98. The first kappa shape index (κ1) is 13.3. The second-order valence-corrected chi connectivity index (χ2v) is 4.27. The minimum Gasteiger partial charge on any atom is -0.383 e. The molecule has 1 fully saturated rings. The second-order valence-electron chi connectivity index (χ2n) is 4.27. The van der Waals surface area contributed by atoms with E-state index in [4.69, 9.17) is 10.6 Å². The van der Waals surface area contributed by atoms with Crippen LogP contribution in [0, 0.1) is 0 Å². The predicted molar refractivity (Wildman–Crippen MR) is 66.1 cm³/mol. The number of guanidine groups is 1. The van der Waals surface area contributed by atoms with Crippen molar-refractivity contribution in [2.45, 2.75) is 45.2 Å². The summed E-state index contributed by atoms with van der Waals surface area (Å²) in [5, 5.41) is 0. The Bertz CT molecular complexity index is 228. The zero-order valence-corrected chi connectivity index (χ0v) is 10.6. The van der Waals surface area contributed by atoms with Gasteiger partial charge in [0.1, 0.15) is 0 Å². The van der Waals surface area contributed by atoms with Crippen LogP contribution in [-0.2, 0) is 4.74 Å². The normalized spacial score (nSPS) is 18.4. The van der Waals surface area contributed by atoms with E-state index in [1.165, 1.54) is 12.8 Å². The van der Waals surface area contributed by atoms with Gasteiger partial charge in [0.25, 0.3) is 0 Å². The fourth-order valence-electron chi connectivity index (χ4n) is 1.52. The number of nitrogens with two attached hydrogens (primary N) is 1. The Morgan fingerprint density at radius 1 is 1.62 bits per heavy atom. The lowest BCUT2D eigenvalue weighted by Gasteiger charge is -2.30. The number of hydrogen-bond donors (Lipinski definition) is 2. The van der Waals surface area contributed by atoms with E-state index in [9.17, 15) is 0 Å². The van der Waals surface area contributed by atoms with E-state index in [0.717, 1.165) is 18.9 Å². The molecule has 0 aromatic heterocycles. The minimum atomic E-state index is 0.420. The molecule has 0 heterocycles. The van der Waals surface area contributed by atoms with Crippen LogP contribution in [0.3, 0.4) is 0 Å². The molecular formula is C11H24N4O. The van der Waals surface area contributed by atoms with Gasteiger partial charge in [0, 0.05) is 19.7 Å². The lowest BCUT2D eigenvalue weighted by Crippen LogP contribution is -2.50. The van der Waals surface area contributed by atoms with Crippen molar-refractivity contribution in [1.29, 1.82) is 0 Å². The minimum absolute atomic E-state index is 0.420. The maximum atomic E-state index is 5.55. The van der Waals surface area contributed by atoms with Crippen LogP contribution in [0.15, 0.2) is 4.99 Å². The molecule has 16 heavy (non-hydrogen) atoms. The summed E-state index contributed by atoms with van der Waals surface area (Å²) in [6, 6.07) is 0.892. The van der Waals surface area contributed by atoms with Crippen LogP contribution >= 0.6 is 0 Å². The molecule has 1 rings (SSSR count). The number of hydrogen-bond acceptors (Lipinski definition) is 3. The SMILES string of the molecule is CCC(C)N(CCOC)C(=NC1CC1)NN. The van der Waals surface area contributed by atoms with Crippen LogP contribution in [0.4, 0.5) is 0 Å². The van der Waals surface area contributed by atoms with E-state index < -0.39 is 0 Å². The topological polar surface area (TPSA) is 62.9 Å². The summed E-state index contributed by atoms with van der Waals surface area (Å²) in [4.78, 5) is 6.76. The quantitative estimate of drug-likeness (QED) is 0.304. The molecule has 1 aliphatic carbocycles. The van der Waals surface area contributed by atoms with Gasteiger partial charge in [0.2, 0.25) is 5.96 Å². The van der Waals surface area contributed by atoms with Crippen LogP contribution < -0.4 is 11.3 Å². The highest BCUT2D eigenvalue weighted by Crippen LogP contribution is 2.24. The van der Waals surface area contributed by atoms with E-state index in [1.807, 2.05) is 0 Å². The Labute approximate surface area is 98.0 Å². The molecule has 0 radical (unpaired) electrons. The fraction of sp³-hybridized carbons (Fsp3) is 0.909. The molecule has 0 spiro atoms. The number of nitrogens with zero attached hydrogens (tertiary/aromatic N) is 2. The summed E-state index contributed by atoms with van der Waals surface area (Å²) in [5.74, 6) is 6.35. The Morgan fingerprint density at radius 2 is 2.31 bits per heavy atom. The molecule has 1 saturated carbocycles. The lowest BCUT2D eigenvalue weighted by atomic mass is 10.2. The number of aliphatic imine (C=N–C) groups is 1. The van der Waals surface area contributed by atoms with Crippen molar-refractivity contribution < 1.29 is 4.74 Å². The monoisotopic (exact) mass is 228 g/mol. The van der Waals surface area contributed by atoms with Crippen molar-refractivity contribution >= 4 is 5.96 Å². The molecule has 0 saturated heterocycles. The molecule has 3 N–H and O–H groups in total. The Balaban J connectivity index is 2.62. The largest absolute Gasteiger partial charge is 0.383 e. The lowest BCUT2D eigenvalue weighted by molar-refractivity contribution is 0.161. The second kappa shape index (κ2) is 6.70. The van der Waals surface area contributed by atoms with Crippen LogP contribution in [0.2, 0.25) is 0 Å². The zero-order chi connectivity index (χ0) is 12.0. The van der Waals surface area contributed by atoms with Gasteiger partial charge in [-0.15, -0.1) is 0 Å². The van der Waals surface area contributed by atoms with Gasteiger partial charge in [-0.1, -0.05) is 6.92 Å². The summed E-state index contributed by atoms with van der Waals surface area (Å²) >= 11 is 0. The summed E-state index contributed by atoms with van der Waals surface area (Å²) in [6.07, 6.45) is 3.43. The molecule has 0 aliphatic heterocycles. The van der Waals surface area contributed by atoms with E-state index in [1.54, 1.807) is 7.11 Å². The van der Waals surface area contributed by atoms with Gasteiger partial charge >= 0.3 is 0 Å².